The lowest BCUT2D eigenvalue weighted by molar-refractivity contribution is -0.139. The van der Waals surface area contributed by atoms with Crippen molar-refractivity contribution in [2.24, 2.45) is 0 Å². The largest absolute Gasteiger partial charge is 0.468 e. The Bertz CT molecular complexity index is 569. The molecule has 0 fully saturated rings. The highest BCUT2D eigenvalue weighted by atomic mass is 32.2. The molecule has 1 atom stereocenters. The Kier molecular flexibility index (Phi) is 4.21. The monoisotopic (exact) mass is 277 g/mol. The van der Waals surface area contributed by atoms with Gasteiger partial charge >= 0.3 is 5.97 Å². The minimum atomic E-state index is -0.323. The quantitative estimate of drug-likeness (QED) is 0.633. The fraction of sp³-hybridized carbons (Fsp3) is 0.308. The first kappa shape index (κ1) is 13.6. The van der Waals surface area contributed by atoms with Crippen molar-refractivity contribution in [3.05, 3.63) is 36.2 Å². The molecule has 0 aliphatic carbocycles. The molecule has 0 amide bonds. The van der Waals surface area contributed by atoms with Crippen LogP contribution in [0.25, 0.3) is 5.69 Å². The van der Waals surface area contributed by atoms with Crippen molar-refractivity contribution < 1.29 is 9.53 Å². The number of carbonyl (C=O) groups is 1. The highest BCUT2D eigenvalue weighted by Gasteiger charge is 2.20. The number of rotatable bonds is 4. The van der Waals surface area contributed by atoms with E-state index >= 15 is 0 Å². The topological polar surface area (TPSA) is 57.0 Å². The number of methoxy groups -OCH3 is 1. The van der Waals surface area contributed by atoms with Gasteiger partial charge in [-0.1, -0.05) is 30.0 Å². The van der Waals surface area contributed by atoms with Crippen LogP contribution in [0.4, 0.5) is 0 Å². The Balaban J connectivity index is 2.31. The Morgan fingerprint density at radius 1 is 1.32 bits per heavy atom. The van der Waals surface area contributed by atoms with Crippen LogP contribution in [0.2, 0.25) is 0 Å². The van der Waals surface area contributed by atoms with E-state index in [1.165, 1.54) is 18.9 Å². The molecule has 19 heavy (non-hydrogen) atoms. The van der Waals surface area contributed by atoms with E-state index in [1.807, 2.05) is 41.8 Å². The van der Waals surface area contributed by atoms with E-state index < -0.39 is 0 Å². The maximum absolute atomic E-state index is 11.5. The predicted molar refractivity (Wildman–Crippen MR) is 73.4 cm³/mol. The van der Waals surface area contributed by atoms with E-state index in [4.69, 9.17) is 4.74 Å². The summed E-state index contributed by atoms with van der Waals surface area (Å²) in [7, 11) is 1.38. The van der Waals surface area contributed by atoms with Gasteiger partial charge in [-0.2, -0.15) is 0 Å². The molecule has 1 heterocycles. The van der Waals surface area contributed by atoms with Crippen LogP contribution in [0.3, 0.4) is 0 Å². The minimum absolute atomic E-state index is 0.273. The van der Waals surface area contributed by atoms with E-state index in [2.05, 4.69) is 10.2 Å². The number of para-hydroxylation sites is 1. The first-order chi connectivity index (χ1) is 9.13. The summed E-state index contributed by atoms with van der Waals surface area (Å²) >= 11 is 1.33. The second kappa shape index (κ2) is 5.88. The molecular weight excluding hydrogens is 262 g/mol. The van der Waals surface area contributed by atoms with Gasteiger partial charge in [0.1, 0.15) is 11.1 Å². The molecule has 0 bridgehead atoms. The summed E-state index contributed by atoms with van der Waals surface area (Å²) in [5.41, 5.74) is 0.976. The fourth-order valence-corrected chi connectivity index (χ4v) is 2.61. The van der Waals surface area contributed by atoms with Gasteiger partial charge in [-0.25, -0.2) is 0 Å². The molecule has 0 aliphatic rings. The summed E-state index contributed by atoms with van der Waals surface area (Å²) in [6.45, 7) is 3.67. The highest BCUT2D eigenvalue weighted by Crippen LogP contribution is 2.25. The molecule has 100 valence electrons. The Labute approximate surface area is 116 Å². The van der Waals surface area contributed by atoms with E-state index in [-0.39, 0.29) is 11.2 Å². The van der Waals surface area contributed by atoms with Gasteiger partial charge < -0.3 is 4.74 Å². The van der Waals surface area contributed by atoms with Crippen LogP contribution in [0.5, 0.6) is 0 Å². The van der Waals surface area contributed by atoms with Crippen LogP contribution in [0.1, 0.15) is 12.7 Å². The van der Waals surface area contributed by atoms with Crippen molar-refractivity contribution in [3.8, 4) is 5.69 Å². The average Bonchev–Trinajstić information content (AvgIpc) is 2.79. The number of aromatic nitrogens is 3. The average molecular weight is 277 g/mol. The lowest BCUT2D eigenvalue weighted by atomic mass is 10.3. The van der Waals surface area contributed by atoms with Crippen LogP contribution in [0, 0.1) is 6.92 Å². The number of ether oxygens (including phenoxy) is 1. The molecule has 0 saturated heterocycles. The molecule has 1 unspecified atom stereocenters. The van der Waals surface area contributed by atoms with Gasteiger partial charge in [0.2, 0.25) is 0 Å². The summed E-state index contributed by atoms with van der Waals surface area (Å²) in [6, 6.07) is 9.81. The van der Waals surface area contributed by atoms with Crippen LogP contribution in [0.15, 0.2) is 35.5 Å². The van der Waals surface area contributed by atoms with E-state index in [9.17, 15) is 4.79 Å². The zero-order valence-electron chi connectivity index (χ0n) is 11.0. The number of carbonyl (C=O) groups excluding carboxylic acids is 1. The van der Waals surface area contributed by atoms with Crippen molar-refractivity contribution in [1.29, 1.82) is 0 Å². The second-order valence-electron chi connectivity index (χ2n) is 3.98. The molecule has 2 rings (SSSR count). The molecule has 0 radical (unpaired) electrons. The lowest BCUT2D eigenvalue weighted by Crippen LogP contribution is -2.15. The highest BCUT2D eigenvalue weighted by molar-refractivity contribution is 8.00. The maximum Gasteiger partial charge on any atom is 0.318 e. The third kappa shape index (κ3) is 2.96. The van der Waals surface area contributed by atoms with Crippen molar-refractivity contribution in [1.82, 2.24) is 14.8 Å². The van der Waals surface area contributed by atoms with E-state index in [0.717, 1.165) is 11.5 Å². The van der Waals surface area contributed by atoms with E-state index in [0.29, 0.717) is 5.16 Å². The summed E-state index contributed by atoms with van der Waals surface area (Å²) in [5, 5.41) is 8.55. The van der Waals surface area contributed by atoms with Gasteiger partial charge in [-0.3, -0.25) is 9.36 Å². The summed E-state index contributed by atoms with van der Waals surface area (Å²) in [4.78, 5) is 11.5. The van der Waals surface area contributed by atoms with Crippen LogP contribution in [-0.2, 0) is 9.53 Å². The molecule has 2 aromatic rings. The maximum atomic E-state index is 11.5. The van der Waals surface area contributed by atoms with Crippen molar-refractivity contribution in [2.75, 3.05) is 7.11 Å². The van der Waals surface area contributed by atoms with Crippen molar-refractivity contribution in [2.45, 2.75) is 24.3 Å². The van der Waals surface area contributed by atoms with E-state index in [1.54, 1.807) is 6.92 Å². The molecule has 5 nitrogen and oxygen atoms in total. The number of hydrogen-bond donors (Lipinski definition) is 0. The molecule has 0 spiro atoms. The van der Waals surface area contributed by atoms with Gasteiger partial charge in [0.15, 0.2) is 5.16 Å². The smallest absolute Gasteiger partial charge is 0.318 e. The second-order valence-corrected chi connectivity index (χ2v) is 5.29. The van der Waals surface area contributed by atoms with Gasteiger partial charge in [0.05, 0.1) is 7.11 Å². The lowest BCUT2D eigenvalue weighted by Gasteiger charge is -2.11. The summed E-state index contributed by atoms with van der Waals surface area (Å²) < 4.78 is 6.64. The first-order valence-electron chi connectivity index (χ1n) is 5.85. The van der Waals surface area contributed by atoms with Crippen LogP contribution >= 0.6 is 11.8 Å². The number of hydrogen-bond acceptors (Lipinski definition) is 5. The Morgan fingerprint density at radius 3 is 2.63 bits per heavy atom. The van der Waals surface area contributed by atoms with Gasteiger partial charge in [0.25, 0.3) is 0 Å². The van der Waals surface area contributed by atoms with Gasteiger partial charge in [0, 0.05) is 5.69 Å². The van der Waals surface area contributed by atoms with Crippen LogP contribution in [-0.4, -0.2) is 33.1 Å². The standard InChI is InChI=1S/C13H15N3O2S/c1-9(12(17)18-3)19-13-15-14-10(2)16(13)11-7-5-4-6-8-11/h4-9H,1-3H3. The summed E-state index contributed by atoms with van der Waals surface area (Å²) in [5.74, 6) is 0.510. The molecule has 0 N–H and O–H groups in total. The minimum Gasteiger partial charge on any atom is -0.468 e. The first-order valence-corrected chi connectivity index (χ1v) is 6.73. The number of nitrogens with zero attached hydrogens (tertiary/aromatic N) is 3. The Hall–Kier alpha value is -1.82. The fourth-order valence-electron chi connectivity index (χ4n) is 1.67. The van der Waals surface area contributed by atoms with Crippen molar-refractivity contribution >= 4 is 17.7 Å². The summed E-state index contributed by atoms with van der Waals surface area (Å²) in [6.07, 6.45) is 0. The number of esters is 1. The van der Waals surface area contributed by atoms with Crippen LogP contribution < -0.4 is 0 Å². The number of aryl methyl sites for hydroxylation is 1. The number of benzene rings is 1. The molecule has 1 aromatic carbocycles. The SMILES string of the molecule is COC(=O)C(C)Sc1nnc(C)n1-c1ccccc1. The number of thioether (sulfide) groups is 1. The zero-order chi connectivity index (χ0) is 13.8. The molecule has 0 saturated carbocycles. The van der Waals surface area contributed by atoms with Crippen molar-refractivity contribution in [3.63, 3.8) is 0 Å². The third-order valence-corrected chi connectivity index (χ3v) is 3.65. The molecule has 0 aliphatic heterocycles. The van der Waals surface area contributed by atoms with Gasteiger partial charge in [-0.15, -0.1) is 10.2 Å². The molecule has 6 heteroatoms. The van der Waals surface area contributed by atoms with Gasteiger partial charge in [-0.05, 0) is 26.0 Å². The zero-order valence-corrected chi connectivity index (χ0v) is 11.8. The normalized spacial score (nSPS) is 12.2. The predicted octanol–water partition coefficient (Wildman–Crippen LogP) is 2.23. The molecule has 1 aromatic heterocycles. The Morgan fingerprint density at radius 2 is 2.00 bits per heavy atom. The molecular formula is C13H15N3O2S. The third-order valence-electron chi connectivity index (χ3n) is 2.62.